The van der Waals surface area contributed by atoms with E-state index in [-0.39, 0.29) is 29.1 Å². The van der Waals surface area contributed by atoms with E-state index in [1.54, 1.807) is 12.1 Å². The fourth-order valence-corrected chi connectivity index (χ4v) is 3.18. The lowest BCUT2D eigenvalue weighted by atomic mass is 10.1. The lowest BCUT2D eigenvalue weighted by molar-refractivity contribution is -0.154. The summed E-state index contributed by atoms with van der Waals surface area (Å²) >= 11 is 0. The van der Waals surface area contributed by atoms with E-state index in [1.165, 1.54) is 30.3 Å². The first-order valence-corrected chi connectivity index (χ1v) is 9.96. The van der Waals surface area contributed by atoms with Gasteiger partial charge >= 0.3 is 6.18 Å². The predicted molar refractivity (Wildman–Crippen MR) is 114 cm³/mol. The molecule has 164 valence electrons. The van der Waals surface area contributed by atoms with Gasteiger partial charge in [-0.1, -0.05) is 49.4 Å². The van der Waals surface area contributed by atoms with Crippen LogP contribution in [-0.4, -0.2) is 0 Å². The minimum absolute atomic E-state index is 0.0368. The summed E-state index contributed by atoms with van der Waals surface area (Å²) in [5, 5.41) is -0.0368. The molecule has 0 saturated carbocycles. The lowest BCUT2D eigenvalue weighted by Gasteiger charge is -2.14. The predicted octanol–water partition coefficient (Wildman–Crippen LogP) is 6.75. The zero-order valence-corrected chi connectivity index (χ0v) is 17.1. The molecule has 32 heavy (non-hydrogen) atoms. The van der Waals surface area contributed by atoms with E-state index < -0.39 is 23.1 Å². The van der Waals surface area contributed by atoms with Gasteiger partial charge in [0.1, 0.15) is 23.7 Å². The van der Waals surface area contributed by atoms with Crippen LogP contribution in [-0.2, 0) is 19.2 Å². The molecule has 0 fully saturated rings. The lowest BCUT2D eigenvalue weighted by Crippen LogP contribution is -2.15. The number of hydrogen-bond acceptors (Lipinski definition) is 4. The third kappa shape index (κ3) is 4.61. The smallest absolute Gasteiger partial charge is 0.453 e. The highest BCUT2D eigenvalue weighted by Gasteiger charge is 2.40. The number of benzene rings is 3. The Morgan fingerprint density at radius 1 is 0.875 bits per heavy atom. The Kier molecular flexibility index (Phi) is 5.90. The van der Waals surface area contributed by atoms with Crippen LogP contribution in [0.5, 0.6) is 17.2 Å². The van der Waals surface area contributed by atoms with Crippen molar-refractivity contribution in [1.82, 2.24) is 0 Å². The van der Waals surface area contributed by atoms with Crippen molar-refractivity contribution in [2.75, 3.05) is 0 Å². The average Bonchev–Trinajstić information content (AvgIpc) is 2.79. The van der Waals surface area contributed by atoms with E-state index in [9.17, 15) is 18.0 Å². The molecule has 0 unspecified atom stereocenters. The molecule has 0 atom stereocenters. The molecule has 3 aromatic carbocycles. The van der Waals surface area contributed by atoms with Crippen LogP contribution in [0.15, 0.2) is 82.0 Å². The van der Waals surface area contributed by atoms with Crippen molar-refractivity contribution in [2.24, 2.45) is 0 Å². The highest BCUT2D eigenvalue weighted by molar-refractivity contribution is 5.79. The molecule has 4 rings (SSSR count). The third-order valence-corrected chi connectivity index (χ3v) is 4.88. The maximum absolute atomic E-state index is 13.7. The van der Waals surface area contributed by atoms with Crippen molar-refractivity contribution in [3.05, 3.63) is 99.9 Å². The first-order chi connectivity index (χ1) is 15.3. The number of alkyl halides is 3. The first kappa shape index (κ1) is 21.5. The summed E-state index contributed by atoms with van der Waals surface area (Å²) in [6.45, 7) is 2.17. The van der Waals surface area contributed by atoms with E-state index in [0.29, 0.717) is 0 Å². The highest BCUT2D eigenvalue weighted by atomic mass is 19.4. The zero-order chi connectivity index (χ0) is 22.7. The van der Waals surface area contributed by atoms with Crippen LogP contribution in [0.3, 0.4) is 0 Å². The van der Waals surface area contributed by atoms with Crippen molar-refractivity contribution in [3.63, 3.8) is 0 Å². The highest BCUT2D eigenvalue weighted by Crippen LogP contribution is 2.38. The van der Waals surface area contributed by atoms with E-state index >= 15 is 0 Å². The van der Waals surface area contributed by atoms with E-state index in [4.69, 9.17) is 13.9 Å². The van der Waals surface area contributed by atoms with Gasteiger partial charge < -0.3 is 13.9 Å². The van der Waals surface area contributed by atoms with Crippen molar-refractivity contribution in [3.8, 4) is 17.2 Å². The average molecular weight is 440 g/mol. The Hall–Kier alpha value is -3.74. The Balaban J connectivity index is 1.71. The van der Waals surface area contributed by atoms with Gasteiger partial charge in [0.2, 0.25) is 11.2 Å². The topological polar surface area (TPSA) is 48.7 Å². The largest absolute Gasteiger partial charge is 0.489 e. The van der Waals surface area contributed by atoms with E-state index in [1.807, 2.05) is 37.3 Å². The Morgan fingerprint density at radius 3 is 2.22 bits per heavy atom. The van der Waals surface area contributed by atoms with Gasteiger partial charge in [-0.2, -0.15) is 13.2 Å². The molecule has 1 aromatic heterocycles. The molecule has 4 aromatic rings. The summed E-state index contributed by atoms with van der Waals surface area (Å²) in [4.78, 5) is 12.9. The van der Waals surface area contributed by atoms with Gasteiger partial charge in [-0.15, -0.1) is 0 Å². The molecular weight excluding hydrogens is 421 g/mol. The molecule has 0 aliphatic carbocycles. The summed E-state index contributed by atoms with van der Waals surface area (Å²) in [6, 6.07) is 19.9. The summed E-state index contributed by atoms with van der Waals surface area (Å²) in [5.74, 6) is -1.99. The molecule has 0 aliphatic rings. The zero-order valence-electron chi connectivity index (χ0n) is 17.1. The van der Waals surface area contributed by atoms with Gasteiger partial charge in [0, 0.05) is 6.07 Å². The number of rotatable bonds is 6. The van der Waals surface area contributed by atoms with Gasteiger partial charge in [0.25, 0.3) is 5.76 Å². The maximum Gasteiger partial charge on any atom is 0.453 e. The first-order valence-electron chi connectivity index (χ1n) is 9.96. The molecule has 0 N–H and O–H groups in total. The van der Waals surface area contributed by atoms with Crippen LogP contribution in [0.4, 0.5) is 13.2 Å². The molecule has 0 aliphatic heterocycles. The normalized spacial score (nSPS) is 11.5. The Bertz CT molecular complexity index is 1280. The second-order valence-corrected chi connectivity index (χ2v) is 7.12. The molecule has 0 bridgehead atoms. The van der Waals surface area contributed by atoms with Gasteiger partial charge in [-0.25, -0.2) is 0 Å². The number of hydrogen-bond donors (Lipinski definition) is 0. The Labute approximate surface area is 181 Å². The monoisotopic (exact) mass is 440 g/mol. The second-order valence-electron chi connectivity index (χ2n) is 7.12. The maximum atomic E-state index is 13.7. The van der Waals surface area contributed by atoms with Crippen LogP contribution >= 0.6 is 0 Å². The molecule has 7 heteroatoms. The van der Waals surface area contributed by atoms with Crippen LogP contribution < -0.4 is 14.9 Å². The van der Waals surface area contributed by atoms with Gasteiger partial charge in [-0.3, -0.25) is 4.79 Å². The van der Waals surface area contributed by atoms with Crippen molar-refractivity contribution < 1.29 is 27.1 Å². The van der Waals surface area contributed by atoms with Crippen molar-refractivity contribution >= 4 is 11.0 Å². The summed E-state index contributed by atoms with van der Waals surface area (Å²) in [5.41, 5.74) is 0.735. The van der Waals surface area contributed by atoms with Crippen molar-refractivity contribution in [2.45, 2.75) is 26.1 Å². The summed E-state index contributed by atoms with van der Waals surface area (Å²) < 4.78 is 57.2. The van der Waals surface area contributed by atoms with E-state index in [0.717, 1.165) is 17.5 Å². The molecular formula is C25H19F3O4. The number of fused-ring (bicyclic) bond motifs is 1. The fraction of sp³-hybridized carbons (Fsp3) is 0.160. The molecule has 0 amide bonds. The third-order valence-electron chi connectivity index (χ3n) is 4.88. The quantitative estimate of drug-likeness (QED) is 0.333. The minimum atomic E-state index is -4.92. The van der Waals surface area contributed by atoms with Crippen LogP contribution in [0, 0.1) is 0 Å². The van der Waals surface area contributed by atoms with Crippen LogP contribution in [0.2, 0.25) is 0 Å². The fourth-order valence-electron chi connectivity index (χ4n) is 3.18. The molecule has 4 nitrogen and oxygen atoms in total. The Morgan fingerprint density at radius 2 is 1.56 bits per heavy atom. The molecule has 0 radical (unpaired) electrons. The standard InChI is InChI=1S/C25H19F3O4/c1-2-16-8-10-18(11-9-16)31-23-22(29)20-13-12-19(30-15-17-6-4-3-5-7-17)14-21(20)32-24(23)25(26,27)28/h3-14H,2,15H2,1H3. The number of ether oxygens (including phenoxy) is 2. The SMILES string of the molecule is CCc1ccc(Oc2c(C(F)(F)F)oc3cc(OCc4ccccc4)ccc3c2=O)cc1. The van der Waals surface area contributed by atoms with Crippen LogP contribution in [0.1, 0.15) is 23.8 Å². The van der Waals surface area contributed by atoms with Gasteiger partial charge in [-0.05, 0) is 41.8 Å². The molecule has 0 spiro atoms. The minimum Gasteiger partial charge on any atom is -0.489 e. The number of aryl methyl sites for hydroxylation is 1. The molecule has 0 saturated heterocycles. The van der Waals surface area contributed by atoms with E-state index in [2.05, 4.69) is 0 Å². The molecule has 1 heterocycles. The number of halogens is 3. The summed E-state index contributed by atoms with van der Waals surface area (Å²) in [6.07, 6.45) is -4.16. The summed E-state index contributed by atoms with van der Waals surface area (Å²) in [7, 11) is 0. The van der Waals surface area contributed by atoms with Gasteiger partial charge in [0.05, 0.1) is 5.39 Å². The van der Waals surface area contributed by atoms with Crippen molar-refractivity contribution in [1.29, 1.82) is 0 Å². The van der Waals surface area contributed by atoms with Crippen LogP contribution in [0.25, 0.3) is 11.0 Å². The second kappa shape index (κ2) is 8.78. The van der Waals surface area contributed by atoms with Gasteiger partial charge in [0.15, 0.2) is 0 Å².